The normalized spacial score (nSPS) is 13.0. The number of hydrogen-bond acceptors (Lipinski definition) is 4. The second-order valence-electron chi connectivity index (χ2n) is 4.87. The molecule has 2 aromatic carbocycles. The van der Waals surface area contributed by atoms with Crippen molar-refractivity contribution in [2.75, 3.05) is 0 Å². The Morgan fingerprint density at radius 3 is 2.54 bits per heavy atom. The molecule has 1 aromatic heterocycles. The molecule has 0 bridgehead atoms. The molecular weight excluding hydrogens is 360 g/mol. The van der Waals surface area contributed by atoms with Crippen LogP contribution in [0.4, 0.5) is 8.78 Å². The summed E-state index contributed by atoms with van der Waals surface area (Å²) in [5, 5.41) is 2.50. The summed E-state index contributed by atoms with van der Waals surface area (Å²) in [7, 11) is -4.39. The van der Waals surface area contributed by atoms with Gasteiger partial charge in [0.05, 0.1) is 0 Å². The molecule has 1 atom stereocenters. The van der Waals surface area contributed by atoms with E-state index in [0.29, 0.717) is 6.07 Å². The molecule has 0 aliphatic heterocycles. The minimum absolute atomic E-state index is 0.151. The van der Waals surface area contributed by atoms with Crippen molar-refractivity contribution in [3.63, 3.8) is 0 Å². The second kappa shape index (κ2) is 6.29. The first-order valence-electron chi connectivity index (χ1n) is 6.69. The van der Waals surface area contributed by atoms with Crippen molar-refractivity contribution in [1.82, 2.24) is 14.8 Å². The molecule has 0 fully saturated rings. The number of benzene rings is 2. The molecule has 0 spiro atoms. The Bertz CT molecular complexity index is 978. The molecule has 124 valence electrons. The summed E-state index contributed by atoms with van der Waals surface area (Å²) in [6.07, 6.45) is 2.31. The molecule has 9 heteroatoms. The monoisotopic (exact) mass is 369 g/mol. The molecule has 5 nitrogen and oxygen atoms in total. The summed E-state index contributed by atoms with van der Waals surface area (Å²) in [5.41, 5.74) is 0.174. The summed E-state index contributed by atoms with van der Waals surface area (Å²) in [4.78, 5) is 2.95. The standard InChI is InChI=1S/C15H10ClF2N3O2S/c16-12-4-2-1-3-11(12)15(21-9-19-8-20-21)24(22,23)14-7-10(17)5-6-13(14)18/h1-9,15H. The summed E-state index contributed by atoms with van der Waals surface area (Å²) < 4.78 is 54.6. The molecule has 0 saturated carbocycles. The molecule has 0 N–H and O–H groups in total. The molecule has 0 aliphatic carbocycles. The highest BCUT2D eigenvalue weighted by Gasteiger charge is 2.35. The maximum atomic E-state index is 14.1. The molecule has 1 unspecified atom stereocenters. The average Bonchev–Trinajstić information content (AvgIpc) is 3.05. The lowest BCUT2D eigenvalue weighted by molar-refractivity contribution is 0.529. The average molecular weight is 370 g/mol. The number of sulfone groups is 1. The van der Waals surface area contributed by atoms with E-state index in [4.69, 9.17) is 11.6 Å². The second-order valence-corrected chi connectivity index (χ2v) is 7.25. The molecule has 0 saturated heterocycles. The maximum absolute atomic E-state index is 14.1. The predicted octanol–water partition coefficient (Wildman–Crippen LogP) is 3.23. The fourth-order valence-electron chi connectivity index (χ4n) is 2.28. The van der Waals surface area contributed by atoms with Crippen LogP contribution < -0.4 is 0 Å². The van der Waals surface area contributed by atoms with Gasteiger partial charge in [0.25, 0.3) is 0 Å². The first kappa shape index (κ1) is 16.5. The van der Waals surface area contributed by atoms with E-state index in [9.17, 15) is 17.2 Å². The van der Waals surface area contributed by atoms with Crippen molar-refractivity contribution >= 4 is 21.4 Å². The van der Waals surface area contributed by atoms with E-state index in [1.54, 1.807) is 12.1 Å². The van der Waals surface area contributed by atoms with Crippen molar-refractivity contribution in [3.05, 3.63) is 77.3 Å². The van der Waals surface area contributed by atoms with Crippen molar-refractivity contribution in [2.24, 2.45) is 0 Å². The Kier molecular flexibility index (Phi) is 4.33. The number of hydrogen-bond donors (Lipinski definition) is 0. The highest BCUT2D eigenvalue weighted by molar-refractivity contribution is 7.91. The Labute approximate surface area is 141 Å². The molecular formula is C15H10ClF2N3O2S. The largest absolute Gasteiger partial charge is 0.230 e. The molecule has 3 rings (SSSR count). The van der Waals surface area contributed by atoms with Crippen LogP contribution in [0.5, 0.6) is 0 Å². The van der Waals surface area contributed by atoms with Gasteiger partial charge in [0.1, 0.15) is 29.2 Å². The fraction of sp³-hybridized carbons (Fsp3) is 0.0667. The molecule has 0 amide bonds. The topological polar surface area (TPSA) is 64.8 Å². The Morgan fingerprint density at radius 1 is 1.12 bits per heavy atom. The van der Waals surface area contributed by atoms with Crippen LogP contribution in [-0.4, -0.2) is 23.2 Å². The summed E-state index contributed by atoms with van der Waals surface area (Å²) in [5.74, 6) is -1.93. The number of aromatic nitrogens is 3. The van der Waals surface area contributed by atoms with Crippen molar-refractivity contribution in [3.8, 4) is 0 Å². The van der Waals surface area contributed by atoms with Gasteiger partial charge in [0, 0.05) is 10.6 Å². The fourth-order valence-corrected chi connectivity index (χ4v) is 4.38. The molecule has 0 aliphatic rings. The molecule has 24 heavy (non-hydrogen) atoms. The van der Waals surface area contributed by atoms with Crippen LogP contribution in [0.3, 0.4) is 0 Å². The first-order chi connectivity index (χ1) is 11.4. The molecule has 1 heterocycles. The minimum atomic E-state index is -4.39. The van der Waals surface area contributed by atoms with Gasteiger partial charge in [-0.3, -0.25) is 0 Å². The van der Waals surface area contributed by atoms with E-state index in [1.165, 1.54) is 18.5 Å². The Hall–Kier alpha value is -2.32. The van der Waals surface area contributed by atoms with E-state index in [1.807, 2.05) is 0 Å². The van der Waals surface area contributed by atoms with Gasteiger partial charge in [0.2, 0.25) is 9.84 Å². The van der Waals surface area contributed by atoms with Gasteiger partial charge in [-0.1, -0.05) is 29.8 Å². The van der Waals surface area contributed by atoms with Gasteiger partial charge in [-0.25, -0.2) is 26.9 Å². The van der Waals surface area contributed by atoms with Crippen LogP contribution >= 0.6 is 11.6 Å². The SMILES string of the molecule is O=S(=O)(c1cc(F)ccc1F)C(c1ccccc1Cl)n1cncn1. The summed E-state index contributed by atoms with van der Waals surface area (Å²) >= 11 is 6.11. The maximum Gasteiger partial charge on any atom is 0.208 e. The van der Waals surface area contributed by atoms with Gasteiger partial charge in [-0.15, -0.1) is 0 Å². The van der Waals surface area contributed by atoms with E-state index in [2.05, 4.69) is 10.1 Å². The number of nitrogens with zero attached hydrogens (tertiary/aromatic N) is 3. The van der Waals surface area contributed by atoms with Gasteiger partial charge in [-0.2, -0.15) is 5.10 Å². The van der Waals surface area contributed by atoms with Crippen LogP contribution in [0.15, 0.2) is 60.0 Å². The number of halogens is 3. The third-order valence-electron chi connectivity index (χ3n) is 3.34. The predicted molar refractivity (Wildman–Crippen MR) is 83.2 cm³/mol. The van der Waals surface area contributed by atoms with Crippen LogP contribution in [0.25, 0.3) is 0 Å². The van der Waals surface area contributed by atoms with E-state index < -0.39 is 31.7 Å². The lowest BCUT2D eigenvalue weighted by Gasteiger charge is -2.19. The zero-order valence-corrected chi connectivity index (χ0v) is 13.5. The highest BCUT2D eigenvalue weighted by Crippen LogP contribution is 2.35. The van der Waals surface area contributed by atoms with Crippen LogP contribution in [0.2, 0.25) is 5.02 Å². The minimum Gasteiger partial charge on any atom is -0.230 e. The van der Waals surface area contributed by atoms with E-state index in [-0.39, 0.29) is 10.6 Å². The third kappa shape index (κ3) is 2.90. The van der Waals surface area contributed by atoms with Crippen molar-refractivity contribution in [1.29, 1.82) is 0 Å². The van der Waals surface area contributed by atoms with Crippen LogP contribution in [0, 0.1) is 11.6 Å². The Morgan fingerprint density at radius 2 is 1.88 bits per heavy atom. The lowest BCUT2D eigenvalue weighted by Crippen LogP contribution is -2.23. The highest BCUT2D eigenvalue weighted by atomic mass is 35.5. The third-order valence-corrected chi connectivity index (χ3v) is 5.67. The van der Waals surface area contributed by atoms with Gasteiger partial charge >= 0.3 is 0 Å². The van der Waals surface area contributed by atoms with Crippen molar-refractivity contribution < 1.29 is 17.2 Å². The smallest absolute Gasteiger partial charge is 0.208 e. The van der Waals surface area contributed by atoms with E-state index in [0.717, 1.165) is 23.1 Å². The first-order valence-corrected chi connectivity index (χ1v) is 8.61. The van der Waals surface area contributed by atoms with E-state index >= 15 is 0 Å². The van der Waals surface area contributed by atoms with Gasteiger partial charge in [0.15, 0.2) is 5.37 Å². The lowest BCUT2D eigenvalue weighted by atomic mass is 10.2. The zero-order chi connectivity index (χ0) is 17.3. The van der Waals surface area contributed by atoms with Gasteiger partial charge < -0.3 is 0 Å². The van der Waals surface area contributed by atoms with Crippen LogP contribution in [0.1, 0.15) is 10.9 Å². The summed E-state index contributed by atoms with van der Waals surface area (Å²) in [6.45, 7) is 0. The number of rotatable bonds is 4. The van der Waals surface area contributed by atoms with Gasteiger partial charge in [-0.05, 0) is 24.3 Å². The quantitative estimate of drug-likeness (QED) is 0.708. The van der Waals surface area contributed by atoms with Crippen LogP contribution in [-0.2, 0) is 9.84 Å². The molecule has 0 radical (unpaired) electrons. The zero-order valence-electron chi connectivity index (χ0n) is 12.0. The molecule has 3 aromatic rings. The summed E-state index contributed by atoms with van der Waals surface area (Å²) in [6, 6.07) is 8.41. The van der Waals surface area contributed by atoms with Crippen molar-refractivity contribution in [2.45, 2.75) is 10.3 Å². The Balaban J connectivity index is 2.27.